The molecule has 1 atom stereocenters. The maximum Gasteiger partial charge on any atom is 0.253 e. The highest BCUT2D eigenvalue weighted by Gasteiger charge is 2.47. The van der Waals surface area contributed by atoms with Crippen molar-refractivity contribution in [2.45, 2.75) is 38.8 Å². The first-order valence-corrected chi connectivity index (χ1v) is 9.48. The minimum Gasteiger partial charge on any atom is -0.497 e. The molecule has 1 spiro atoms. The third-order valence-electron chi connectivity index (χ3n) is 5.79. The van der Waals surface area contributed by atoms with E-state index in [-0.39, 0.29) is 17.5 Å². The summed E-state index contributed by atoms with van der Waals surface area (Å²) in [6.07, 6.45) is 2.61. The Balaban J connectivity index is 1.65. The van der Waals surface area contributed by atoms with E-state index in [1.807, 2.05) is 21.9 Å². The predicted molar refractivity (Wildman–Crippen MR) is 100 cm³/mol. The third kappa shape index (κ3) is 3.56. The lowest BCUT2D eigenvalue weighted by Crippen LogP contribution is -2.59. The summed E-state index contributed by atoms with van der Waals surface area (Å²) in [5.41, 5.74) is 0.394. The molecule has 2 fully saturated rings. The zero-order valence-electron chi connectivity index (χ0n) is 16.0. The SMILES string of the molecule is CC[C@H](C)CN1C(=O)CNC12CCN(C(=O)c1ccc(OC)cc1)CC2. The molecule has 26 heavy (non-hydrogen) atoms. The quantitative estimate of drug-likeness (QED) is 0.875. The van der Waals surface area contributed by atoms with Gasteiger partial charge in [-0.2, -0.15) is 0 Å². The van der Waals surface area contributed by atoms with E-state index < -0.39 is 0 Å². The van der Waals surface area contributed by atoms with Gasteiger partial charge >= 0.3 is 0 Å². The van der Waals surface area contributed by atoms with Crippen LogP contribution in [0.15, 0.2) is 24.3 Å². The molecule has 0 unspecified atom stereocenters. The molecule has 2 aliphatic heterocycles. The van der Waals surface area contributed by atoms with Crippen molar-refractivity contribution in [2.24, 2.45) is 5.92 Å². The van der Waals surface area contributed by atoms with E-state index in [1.54, 1.807) is 19.2 Å². The molecule has 142 valence electrons. The van der Waals surface area contributed by atoms with E-state index in [9.17, 15) is 9.59 Å². The number of amides is 2. The van der Waals surface area contributed by atoms with Gasteiger partial charge in [0.15, 0.2) is 0 Å². The Morgan fingerprint density at radius 2 is 1.92 bits per heavy atom. The molecule has 6 nitrogen and oxygen atoms in total. The molecule has 0 radical (unpaired) electrons. The standard InChI is InChI=1S/C20H29N3O3/c1-4-15(2)14-23-18(24)13-21-20(23)9-11-22(12-10-20)19(25)16-5-7-17(26-3)8-6-16/h5-8,15,21H,4,9-14H2,1-3H3/t15-/m0/s1. The van der Waals surface area contributed by atoms with Crippen LogP contribution in [-0.4, -0.2) is 60.6 Å². The van der Waals surface area contributed by atoms with Crippen LogP contribution in [-0.2, 0) is 4.79 Å². The van der Waals surface area contributed by atoms with Crippen molar-refractivity contribution in [3.8, 4) is 5.75 Å². The first-order valence-electron chi connectivity index (χ1n) is 9.48. The number of piperidine rings is 1. The number of nitrogens with one attached hydrogen (secondary N) is 1. The van der Waals surface area contributed by atoms with Crippen molar-refractivity contribution >= 4 is 11.8 Å². The molecule has 1 aromatic rings. The normalized spacial score (nSPS) is 20.5. The Labute approximate surface area is 155 Å². The van der Waals surface area contributed by atoms with Crippen LogP contribution in [0.25, 0.3) is 0 Å². The fourth-order valence-corrected chi connectivity index (χ4v) is 3.83. The smallest absolute Gasteiger partial charge is 0.253 e. The molecule has 1 N–H and O–H groups in total. The molecule has 0 bridgehead atoms. The number of carbonyl (C=O) groups excluding carboxylic acids is 2. The van der Waals surface area contributed by atoms with Crippen molar-refractivity contribution in [3.63, 3.8) is 0 Å². The van der Waals surface area contributed by atoms with E-state index in [0.717, 1.165) is 31.6 Å². The number of methoxy groups -OCH3 is 1. The Morgan fingerprint density at radius 1 is 1.27 bits per heavy atom. The van der Waals surface area contributed by atoms with Crippen molar-refractivity contribution in [3.05, 3.63) is 29.8 Å². The van der Waals surface area contributed by atoms with E-state index in [1.165, 1.54) is 0 Å². The highest BCUT2D eigenvalue weighted by atomic mass is 16.5. The second kappa shape index (κ2) is 7.66. The molecule has 2 aliphatic rings. The molecule has 6 heteroatoms. The van der Waals surface area contributed by atoms with Gasteiger partial charge in [-0.3, -0.25) is 14.9 Å². The van der Waals surface area contributed by atoms with Crippen LogP contribution in [0.5, 0.6) is 5.75 Å². The average Bonchev–Trinajstić information content (AvgIpc) is 2.97. The summed E-state index contributed by atoms with van der Waals surface area (Å²) >= 11 is 0. The van der Waals surface area contributed by atoms with E-state index in [4.69, 9.17) is 4.74 Å². The molecule has 0 saturated carbocycles. The molecule has 0 aromatic heterocycles. The van der Waals surface area contributed by atoms with Gasteiger partial charge in [0.25, 0.3) is 5.91 Å². The van der Waals surface area contributed by atoms with Gasteiger partial charge in [0.1, 0.15) is 5.75 Å². The lowest BCUT2D eigenvalue weighted by molar-refractivity contribution is -0.132. The van der Waals surface area contributed by atoms with Crippen LogP contribution in [0, 0.1) is 5.92 Å². The Kier molecular flexibility index (Phi) is 5.51. The number of benzene rings is 1. The van der Waals surface area contributed by atoms with Crippen LogP contribution >= 0.6 is 0 Å². The number of likely N-dealkylation sites (tertiary alicyclic amines) is 1. The van der Waals surface area contributed by atoms with Crippen LogP contribution in [0.1, 0.15) is 43.5 Å². The fraction of sp³-hybridized carbons (Fsp3) is 0.600. The summed E-state index contributed by atoms with van der Waals surface area (Å²) in [6.45, 7) is 6.84. The number of ether oxygens (including phenoxy) is 1. The van der Waals surface area contributed by atoms with Gasteiger partial charge in [-0.15, -0.1) is 0 Å². The molecule has 2 amide bonds. The maximum absolute atomic E-state index is 12.8. The highest BCUT2D eigenvalue weighted by Crippen LogP contribution is 2.31. The third-order valence-corrected chi connectivity index (χ3v) is 5.79. The van der Waals surface area contributed by atoms with E-state index >= 15 is 0 Å². The number of hydrogen-bond acceptors (Lipinski definition) is 4. The summed E-state index contributed by atoms with van der Waals surface area (Å²) < 4.78 is 5.15. The lowest BCUT2D eigenvalue weighted by atomic mass is 9.94. The summed E-state index contributed by atoms with van der Waals surface area (Å²) in [6, 6.07) is 7.23. The fourth-order valence-electron chi connectivity index (χ4n) is 3.83. The Morgan fingerprint density at radius 3 is 2.50 bits per heavy atom. The zero-order valence-corrected chi connectivity index (χ0v) is 16.0. The van der Waals surface area contributed by atoms with Crippen LogP contribution in [0.3, 0.4) is 0 Å². The number of rotatable bonds is 5. The van der Waals surface area contributed by atoms with E-state index in [0.29, 0.717) is 31.1 Å². The van der Waals surface area contributed by atoms with Gasteiger partial charge in [-0.05, 0) is 30.2 Å². The van der Waals surface area contributed by atoms with Crippen LogP contribution < -0.4 is 10.1 Å². The van der Waals surface area contributed by atoms with Crippen molar-refractivity contribution in [2.75, 3.05) is 33.3 Å². The zero-order chi connectivity index (χ0) is 18.7. The molecule has 1 aromatic carbocycles. The van der Waals surface area contributed by atoms with Gasteiger partial charge in [-0.1, -0.05) is 20.3 Å². The summed E-state index contributed by atoms with van der Waals surface area (Å²) in [4.78, 5) is 29.0. The van der Waals surface area contributed by atoms with Crippen molar-refractivity contribution < 1.29 is 14.3 Å². The van der Waals surface area contributed by atoms with Gasteiger partial charge < -0.3 is 14.5 Å². The first-order chi connectivity index (χ1) is 12.5. The van der Waals surface area contributed by atoms with Crippen molar-refractivity contribution in [1.82, 2.24) is 15.1 Å². The molecule has 3 rings (SSSR count). The molecule has 2 saturated heterocycles. The molecule has 0 aliphatic carbocycles. The van der Waals surface area contributed by atoms with Gasteiger partial charge in [0.2, 0.25) is 5.91 Å². The topological polar surface area (TPSA) is 61.9 Å². The minimum absolute atomic E-state index is 0.0419. The second-order valence-electron chi connectivity index (χ2n) is 7.42. The van der Waals surface area contributed by atoms with E-state index in [2.05, 4.69) is 19.2 Å². The molecule has 2 heterocycles. The van der Waals surface area contributed by atoms with Crippen LogP contribution in [0.2, 0.25) is 0 Å². The number of hydrogen-bond donors (Lipinski definition) is 1. The van der Waals surface area contributed by atoms with Gasteiger partial charge in [-0.25, -0.2) is 0 Å². The minimum atomic E-state index is -0.281. The Bertz CT molecular complexity index is 651. The number of nitrogens with zero attached hydrogens (tertiary/aromatic N) is 2. The summed E-state index contributed by atoms with van der Waals surface area (Å²) in [5, 5.41) is 3.44. The highest BCUT2D eigenvalue weighted by molar-refractivity contribution is 5.94. The molecular weight excluding hydrogens is 330 g/mol. The first kappa shape index (κ1) is 18.7. The van der Waals surface area contributed by atoms with Gasteiger partial charge in [0.05, 0.1) is 19.3 Å². The second-order valence-corrected chi connectivity index (χ2v) is 7.42. The lowest BCUT2D eigenvalue weighted by Gasteiger charge is -2.45. The largest absolute Gasteiger partial charge is 0.497 e. The summed E-state index contributed by atoms with van der Waals surface area (Å²) in [7, 11) is 1.61. The average molecular weight is 359 g/mol. The Hall–Kier alpha value is -2.08. The monoisotopic (exact) mass is 359 g/mol. The number of carbonyl (C=O) groups is 2. The maximum atomic E-state index is 12.8. The summed E-state index contributed by atoms with van der Waals surface area (Å²) in [5.74, 6) is 1.45. The van der Waals surface area contributed by atoms with Gasteiger partial charge in [0, 0.05) is 38.0 Å². The van der Waals surface area contributed by atoms with Crippen molar-refractivity contribution in [1.29, 1.82) is 0 Å². The predicted octanol–water partition coefficient (Wildman–Crippen LogP) is 2.11. The molecular formula is C20H29N3O3. The van der Waals surface area contributed by atoms with Crippen LogP contribution in [0.4, 0.5) is 0 Å².